The molecule has 13 aromatic rings. The molecule has 0 saturated carbocycles. The number of aromatic nitrogens is 3. The standard InChI is InChI=1S/C61H37N3O/c1-2-15-38(16-3-1)39-29-31-40(32-30-39)62-52-24-9-4-17-42(52)45-34-33-41(37-56(45)62)63-53-25-10-5-19-44(53)47-35-36-51-60(59(47)63)65-57-28-13-8-22-49(57)61(51)48-21-7-12-27-55(48)64-54-26-11-6-18-43(54)46-20-14-23-50(61)58(46)64/h1-37H. The molecule has 0 fully saturated rings. The molecule has 15 rings (SSSR count). The summed E-state index contributed by atoms with van der Waals surface area (Å²) in [5, 5.41) is 7.29. The van der Waals surface area contributed by atoms with Crippen LogP contribution >= 0.6 is 0 Å². The normalized spacial score (nSPS) is 15.0. The summed E-state index contributed by atoms with van der Waals surface area (Å²) in [6, 6.07) is 82.4. The van der Waals surface area contributed by atoms with E-state index in [1.54, 1.807) is 0 Å². The van der Waals surface area contributed by atoms with E-state index in [4.69, 9.17) is 4.74 Å². The molecule has 5 heterocycles. The van der Waals surface area contributed by atoms with Crippen molar-refractivity contribution in [2.75, 3.05) is 0 Å². The van der Waals surface area contributed by atoms with Crippen molar-refractivity contribution in [2.24, 2.45) is 0 Å². The third kappa shape index (κ3) is 4.45. The molecule has 4 nitrogen and oxygen atoms in total. The smallest absolute Gasteiger partial charge is 0.156 e. The van der Waals surface area contributed by atoms with Gasteiger partial charge >= 0.3 is 0 Å². The highest BCUT2D eigenvalue weighted by atomic mass is 16.5. The molecule has 4 heteroatoms. The number of fused-ring (bicyclic) bond motifs is 18. The summed E-state index contributed by atoms with van der Waals surface area (Å²) >= 11 is 0. The second kappa shape index (κ2) is 12.7. The molecule has 2 aliphatic rings. The lowest BCUT2D eigenvalue weighted by atomic mass is 9.61. The molecule has 1 unspecified atom stereocenters. The number of para-hydroxylation sites is 6. The monoisotopic (exact) mass is 827 g/mol. The summed E-state index contributed by atoms with van der Waals surface area (Å²) in [7, 11) is 0. The fourth-order valence-corrected chi connectivity index (χ4v) is 11.9. The molecule has 65 heavy (non-hydrogen) atoms. The molecule has 10 aromatic carbocycles. The van der Waals surface area contributed by atoms with Crippen LogP contribution in [0.1, 0.15) is 22.3 Å². The maximum Gasteiger partial charge on any atom is 0.156 e. The van der Waals surface area contributed by atoms with Gasteiger partial charge in [0.05, 0.1) is 44.2 Å². The Morgan fingerprint density at radius 3 is 1.63 bits per heavy atom. The molecule has 0 N–H and O–H groups in total. The second-order valence-corrected chi connectivity index (χ2v) is 17.6. The van der Waals surface area contributed by atoms with Gasteiger partial charge in [0.1, 0.15) is 5.75 Å². The largest absolute Gasteiger partial charge is 0.454 e. The van der Waals surface area contributed by atoms with Crippen molar-refractivity contribution in [2.45, 2.75) is 5.41 Å². The lowest BCUT2D eigenvalue weighted by molar-refractivity contribution is 0.438. The Morgan fingerprint density at radius 2 is 0.846 bits per heavy atom. The number of nitrogens with zero attached hydrogens (tertiary/aromatic N) is 3. The number of rotatable bonds is 3. The summed E-state index contributed by atoms with van der Waals surface area (Å²) in [5.74, 6) is 1.75. The van der Waals surface area contributed by atoms with Crippen molar-refractivity contribution >= 4 is 65.4 Å². The minimum Gasteiger partial charge on any atom is -0.454 e. The Balaban J connectivity index is 1.04. The molecule has 0 radical (unpaired) electrons. The predicted octanol–water partition coefficient (Wildman–Crippen LogP) is 15.4. The van der Waals surface area contributed by atoms with E-state index in [-0.39, 0.29) is 0 Å². The van der Waals surface area contributed by atoms with Crippen LogP contribution in [0.25, 0.3) is 93.6 Å². The Labute approximate surface area is 374 Å². The summed E-state index contributed by atoms with van der Waals surface area (Å²) in [4.78, 5) is 0. The van der Waals surface area contributed by atoms with Crippen molar-refractivity contribution in [3.63, 3.8) is 0 Å². The van der Waals surface area contributed by atoms with Crippen LogP contribution in [0.2, 0.25) is 0 Å². The fourth-order valence-electron chi connectivity index (χ4n) is 11.9. The third-order valence-corrected chi connectivity index (χ3v) is 14.5. The van der Waals surface area contributed by atoms with E-state index >= 15 is 0 Å². The van der Waals surface area contributed by atoms with Gasteiger partial charge in [-0.05, 0) is 76.9 Å². The van der Waals surface area contributed by atoms with Crippen LogP contribution in [0, 0.1) is 0 Å². The number of hydrogen-bond acceptors (Lipinski definition) is 1. The minimum absolute atomic E-state index is 0.678. The van der Waals surface area contributed by atoms with Crippen LogP contribution in [0.4, 0.5) is 0 Å². The van der Waals surface area contributed by atoms with Gasteiger partial charge < -0.3 is 18.4 Å². The van der Waals surface area contributed by atoms with Crippen molar-refractivity contribution in [1.82, 2.24) is 13.7 Å². The van der Waals surface area contributed by atoms with Crippen LogP contribution in [0.5, 0.6) is 11.5 Å². The first-order valence-corrected chi connectivity index (χ1v) is 22.4. The van der Waals surface area contributed by atoms with Gasteiger partial charge in [-0.3, -0.25) is 0 Å². The quantitative estimate of drug-likeness (QED) is 0.174. The highest BCUT2D eigenvalue weighted by molar-refractivity contribution is 6.15. The van der Waals surface area contributed by atoms with Gasteiger partial charge in [0.2, 0.25) is 0 Å². The fraction of sp³-hybridized carbons (Fsp3) is 0.0164. The Morgan fingerprint density at radius 1 is 0.308 bits per heavy atom. The van der Waals surface area contributed by atoms with Gasteiger partial charge in [0, 0.05) is 54.8 Å². The molecular weight excluding hydrogens is 791 g/mol. The van der Waals surface area contributed by atoms with Crippen molar-refractivity contribution < 1.29 is 4.74 Å². The minimum atomic E-state index is -0.678. The van der Waals surface area contributed by atoms with Crippen LogP contribution < -0.4 is 4.74 Å². The second-order valence-electron chi connectivity index (χ2n) is 17.6. The van der Waals surface area contributed by atoms with E-state index in [1.165, 1.54) is 71.4 Å². The van der Waals surface area contributed by atoms with E-state index in [0.717, 1.165) is 55.9 Å². The zero-order valence-corrected chi connectivity index (χ0v) is 35.1. The molecule has 0 aliphatic carbocycles. The summed E-state index contributed by atoms with van der Waals surface area (Å²) in [5.41, 5.74) is 16.9. The molecule has 302 valence electrons. The van der Waals surface area contributed by atoms with Crippen molar-refractivity contribution in [3.05, 3.63) is 247 Å². The average Bonchev–Trinajstić information content (AvgIpc) is 4.02. The first kappa shape index (κ1) is 34.9. The Bertz CT molecular complexity index is 4150. The van der Waals surface area contributed by atoms with Crippen LogP contribution in [0.15, 0.2) is 224 Å². The van der Waals surface area contributed by atoms with E-state index in [0.29, 0.717) is 0 Å². The van der Waals surface area contributed by atoms with Gasteiger partial charge in [0.15, 0.2) is 5.75 Å². The van der Waals surface area contributed by atoms with Crippen LogP contribution in [-0.2, 0) is 5.41 Å². The van der Waals surface area contributed by atoms with Crippen molar-refractivity contribution in [1.29, 1.82) is 0 Å². The zero-order valence-electron chi connectivity index (χ0n) is 35.1. The van der Waals surface area contributed by atoms with Gasteiger partial charge in [-0.2, -0.15) is 0 Å². The maximum absolute atomic E-state index is 7.41. The van der Waals surface area contributed by atoms with E-state index in [2.05, 4.69) is 238 Å². The SMILES string of the molecule is c1ccc(-c2ccc(-n3c4ccccc4c4ccc(-n5c6ccccc6c6ccc7c(c65)Oc5ccccc5C75c6ccccc6-n6c7ccccc7c7cccc5c76)cc43)cc2)cc1. The molecule has 0 amide bonds. The number of benzene rings is 10. The number of ether oxygens (including phenoxy) is 1. The summed E-state index contributed by atoms with van der Waals surface area (Å²) in [6.07, 6.45) is 0. The maximum atomic E-state index is 7.41. The molecule has 1 atom stereocenters. The first-order chi connectivity index (χ1) is 32.3. The van der Waals surface area contributed by atoms with Crippen LogP contribution in [-0.4, -0.2) is 13.7 Å². The molecular formula is C61H37N3O. The average molecular weight is 828 g/mol. The number of hydrogen-bond donors (Lipinski definition) is 0. The molecule has 1 spiro atoms. The highest BCUT2D eigenvalue weighted by Gasteiger charge is 2.51. The lowest BCUT2D eigenvalue weighted by Crippen LogP contribution is -2.37. The van der Waals surface area contributed by atoms with E-state index < -0.39 is 5.41 Å². The van der Waals surface area contributed by atoms with E-state index in [9.17, 15) is 0 Å². The molecule has 0 bridgehead atoms. The van der Waals surface area contributed by atoms with Crippen LogP contribution in [0.3, 0.4) is 0 Å². The van der Waals surface area contributed by atoms with E-state index in [1.807, 2.05) is 0 Å². The predicted molar refractivity (Wildman–Crippen MR) is 267 cm³/mol. The molecule has 0 saturated heterocycles. The topological polar surface area (TPSA) is 24.0 Å². The van der Waals surface area contributed by atoms with Gasteiger partial charge in [0.25, 0.3) is 0 Å². The Hall–Kier alpha value is -8.60. The molecule has 3 aromatic heterocycles. The Kier molecular flexibility index (Phi) is 6.85. The summed E-state index contributed by atoms with van der Waals surface area (Å²) in [6.45, 7) is 0. The van der Waals surface area contributed by atoms with Crippen molar-refractivity contribution in [3.8, 4) is 39.7 Å². The third-order valence-electron chi connectivity index (χ3n) is 14.5. The summed E-state index contributed by atoms with van der Waals surface area (Å²) < 4.78 is 14.8. The van der Waals surface area contributed by atoms with Gasteiger partial charge in [-0.25, -0.2) is 0 Å². The van der Waals surface area contributed by atoms with Gasteiger partial charge in [-0.1, -0.05) is 170 Å². The van der Waals surface area contributed by atoms with Gasteiger partial charge in [-0.15, -0.1) is 0 Å². The zero-order chi connectivity index (χ0) is 42.4. The highest BCUT2D eigenvalue weighted by Crippen LogP contribution is 2.62. The first-order valence-electron chi connectivity index (χ1n) is 22.4. The lowest BCUT2D eigenvalue weighted by Gasteiger charge is -2.45. The molecule has 2 aliphatic heterocycles.